The van der Waals surface area contributed by atoms with Gasteiger partial charge in [0.1, 0.15) is 18.1 Å². The Morgan fingerprint density at radius 3 is 3.04 bits per heavy atom. The van der Waals surface area contributed by atoms with Crippen LogP contribution in [-0.4, -0.2) is 35.4 Å². The van der Waals surface area contributed by atoms with Crippen molar-refractivity contribution in [2.24, 2.45) is 0 Å². The molecule has 0 saturated carbocycles. The minimum Gasteiger partial charge on any atom is -0.491 e. The van der Waals surface area contributed by atoms with Crippen molar-refractivity contribution in [3.63, 3.8) is 0 Å². The molecule has 0 aliphatic carbocycles. The monoisotopic (exact) mass is 315 g/mol. The highest BCUT2D eigenvalue weighted by molar-refractivity contribution is 6.02. The number of anilines is 1. The standard InChI is InChI=1S/C16H17N3O4/c20-15-7-6-14(18-19-15)16(21)17-11-3-1-4-12(9-11)23-10-13-5-2-8-22-13/h1,3-4,6-7,9,13H,2,5,8,10H2,(H,17,21)(H,19,20). The maximum absolute atomic E-state index is 12.0. The van der Waals surface area contributed by atoms with Crippen molar-refractivity contribution in [2.75, 3.05) is 18.5 Å². The number of hydrogen-bond donors (Lipinski definition) is 2. The maximum atomic E-state index is 12.0. The molecule has 1 aromatic carbocycles. The molecule has 120 valence electrons. The van der Waals surface area contributed by atoms with E-state index in [-0.39, 0.29) is 17.4 Å². The Morgan fingerprint density at radius 1 is 1.39 bits per heavy atom. The number of hydrogen-bond acceptors (Lipinski definition) is 5. The van der Waals surface area contributed by atoms with E-state index in [1.807, 2.05) is 6.07 Å². The number of aromatic nitrogens is 2. The minimum atomic E-state index is -0.405. The number of ether oxygens (including phenoxy) is 2. The van der Waals surface area contributed by atoms with Crippen molar-refractivity contribution >= 4 is 11.6 Å². The van der Waals surface area contributed by atoms with E-state index in [0.717, 1.165) is 19.4 Å². The van der Waals surface area contributed by atoms with Crippen LogP contribution < -0.4 is 15.6 Å². The Hall–Kier alpha value is -2.67. The summed E-state index contributed by atoms with van der Waals surface area (Å²) in [5.74, 6) is 0.255. The number of carbonyl (C=O) groups excluding carboxylic acids is 1. The molecule has 2 N–H and O–H groups in total. The molecule has 0 spiro atoms. The number of H-pyrrole nitrogens is 1. The van der Waals surface area contributed by atoms with E-state index in [9.17, 15) is 9.59 Å². The molecule has 1 amide bonds. The fraction of sp³-hybridized carbons (Fsp3) is 0.312. The fourth-order valence-electron chi connectivity index (χ4n) is 2.29. The Labute approximate surface area is 132 Å². The number of amides is 1. The van der Waals surface area contributed by atoms with Crippen LogP contribution in [0, 0.1) is 0 Å². The molecule has 0 bridgehead atoms. The molecule has 1 saturated heterocycles. The van der Waals surface area contributed by atoms with Gasteiger partial charge in [0.2, 0.25) is 0 Å². The molecule has 1 aromatic heterocycles. The number of aromatic amines is 1. The summed E-state index contributed by atoms with van der Waals surface area (Å²) < 4.78 is 11.2. The van der Waals surface area contributed by atoms with E-state index in [0.29, 0.717) is 18.0 Å². The smallest absolute Gasteiger partial charge is 0.276 e. The van der Waals surface area contributed by atoms with E-state index in [1.54, 1.807) is 18.2 Å². The van der Waals surface area contributed by atoms with Crippen molar-refractivity contribution in [1.29, 1.82) is 0 Å². The predicted octanol–water partition coefficient (Wildman–Crippen LogP) is 1.58. The first kappa shape index (κ1) is 15.2. The van der Waals surface area contributed by atoms with Gasteiger partial charge in [-0.05, 0) is 31.0 Å². The summed E-state index contributed by atoms with van der Waals surface area (Å²) in [7, 11) is 0. The normalized spacial score (nSPS) is 17.0. The first-order chi connectivity index (χ1) is 11.2. The lowest BCUT2D eigenvalue weighted by Crippen LogP contribution is -2.18. The number of carbonyl (C=O) groups is 1. The quantitative estimate of drug-likeness (QED) is 0.874. The molecule has 1 atom stereocenters. The van der Waals surface area contributed by atoms with E-state index in [2.05, 4.69) is 15.5 Å². The molecular formula is C16H17N3O4. The van der Waals surface area contributed by atoms with Crippen LogP contribution in [0.5, 0.6) is 5.75 Å². The van der Waals surface area contributed by atoms with Gasteiger partial charge in [-0.25, -0.2) is 5.10 Å². The zero-order chi connectivity index (χ0) is 16.1. The first-order valence-corrected chi connectivity index (χ1v) is 7.42. The van der Waals surface area contributed by atoms with Crippen LogP contribution in [0.15, 0.2) is 41.2 Å². The van der Waals surface area contributed by atoms with Crippen LogP contribution >= 0.6 is 0 Å². The van der Waals surface area contributed by atoms with Gasteiger partial charge >= 0.3 is 0 Å². The predicted molar refractivity (Wildman–Crippen MR) is 83.7 cm³/mol. The second-order valence-electron chi connectivity index (χ2n) is 5.23. The van der Waals surface area contributed by atoms with Gasteiger partial charge in [0.05, 0.1) is 6.10 Å². The second-order valence-corrected chi connectivity index (χ2v) is 5.23. The van der Waals surface area contributed by atoms with Gasteiger partial charge in [-0.3, -0.25) is 9.59 Å². The number of rotatable bonds is 5. The lowest BCUT2D eigenvalue weighted by atomic mass is 10.2. The highest BCUT2D eigenvalue weighted by atomic mass is 16.5. The first-order valence-electron chi connectivity index (χ1n) is 7.42. The van der Waals surface area contributed by atoms with Crippen molar-refractivity contribution in [1.82, 2.24) is 10.2 Å². The van der Waals surface area contributed by atoms with Gasteiger partial charge in [0.25, 0.3) is 11.5 Å². The van der Waals surface area contributed by atoms with Crippen LogP contribution in [0.3, 0.4) is 0 Å². The molecule has 1 aliphatic heterocycles. The van der Waals surface area contributed by atoms with Crippen molar-refractivity contribution in [2.45, 2.75) is 18.9 Å². The lowest BCUT2D eigenvalue weighted by molar-refractivity contribution is 0.0680. The number of nitrogens with one attached hydrogen (secondary N) is 2. The highest BCUT2D eigenvalue weighted by Gasteiger charge is 2.16. The topological polar surface area (TPSA) is 93.3 Å². The summed E-state index contributed by atoms with van der Waals surface area (Å²) in [5.41, 5.74) is 0.370. The Kier molecular flexibility index (Phi) is 4.68. The van der Waals surface area contributed by atoms with E-state index < -0.39 is 5.91 Å². The van der Waals surface area contributed by atoms with Gasteiger partial charge in [-0.2, -0.15) is 5.10 Å². The van der Waals surface area contributed by atoms with E-state index >= 15 is 0 Å². The van der Waals surface area contributed by atoms with Crippen molar-refractivity contribution in [3.8, 4) is 5.75 Å². The van der Waals surface area contributed by atoms with Crippen LogP contribution in [-0.2, 0) is 4.74 Å². The van der Waals surface area contributed by atoms with Crippen molar-refractivity contribution in [3.05, 3.63) is 52.4 Å². The molecule has 23 heavy (non-hydrogen) atoms. The summed E-state index contributed by atoms with van der Waals surface area (Å²) in [6.45, 7) is 1.29. The molecule has 1 fully saturated rings. The summed E-state index contributed by atoms with van der Waals surface area (Å²) in [6, 6.07) is 9.72. The summed E-state index contributed by atoms with van der Waals surface area (Å²) in [6.07, 6.45) is 2.21. The minimum absolute atomic E-state index is 0.135. The van der Waals surface area contributed by atoms with E-state index in [4.69, 9.17) is 9.47 Å². The third kappa shape index (κ3) is 4.17. The van der Waals surface area contributed by atoms with Crippen molar-refractivity contribution < 1.29 is 14.3 Å². The largest absolute Gasteiger partial charge is 0.491 e. The molecule has 7 nitrogen and oxygen atoms in total. The molecule has 0 radical (unpaired) electrons. The Bertz CT molecular complexity index is 718. The van der Waals surface area contributed by atoms with Crippen LogP contribution in [0.4, 0.5) is 5.69 Å². The van der Waals surface area contributed by atoms with Gasteiger partial charge in [0, 0.05) is 24.4 Å². The SMILES string of the molecule is O=C(Nc1cccc(OCC2CCCO2)c1)c1ccc(=O)[nH]n1. The van der Waals surface area contributed by atoms with Gasteiger partial charge < -0.3 is 14.8 Å². The molecule has 1 unspecified atom stereocenters. The third-order valence-corrected chi connectivity index (χ3v) is 3.46. The number of nitrogens with zero attached hydrogens (tertiary/aromatic N) is 1. The molecule has 3 rings (SSSR count). The Balaban J connectivity index is 1.61. The number of benzene rings is 1. The molecule has 7 heteroatoms. The lowest BCUT2D eigenvalue weighted by Gasteiger charge is -2.12. The van der Waals surface area contributed by atoms with Crippen LogP contribution in [0.25, 0.3) is 0 Å². The molecule has 1 aliphatic rings. The molecule has 2 aromatic rings. The third-order valence-electron chi connectivity index (χ3n) is 3.46. The van der Waals surface area contributed by atoms with Gasteiger partial charge in [-0.1, -0.05) is 6.07 Å². The Morgan fingerprint density at radius 2 is 2.30 bits per heavy atom. The van der Waals surface area contributed by atoms with Gasteiger partial charge in [-0.15, -0.1) is 0 Å². The fourth-order valence-corrected chi connectivity index (χ4v) is 2.29. The van der Waals surface area contributed by atoms with E-state index in [1.165, 1.54) is 12.1 Å². The van der Waals surface area contributed by atoms with Gasteiger partial charge in [0.15, 0.2) is 0 Å². The maximum Gasteiger partial charge on any atom is 0.276 e. The molecule has 2 heterocycles. The molecular weight excluding hydrogens is 298 g/mol. The zero-order valence-corrected chi connectivity index (χ0v) is 12.5. The highest BCUT2D eigenvalue weighted by Crippen LogP contribution is 2.20. The second kappa shape index (κ2) is 7.06. The summed E-state index contributed by atoms with van der Waals surface area (Å²) >= 11 is 0. The zero-order valence-electron chi connectivity index (χ0n) is 12.5. The summed E-state index contributed by atoms with van der Waals surface area (Å²) in [5, 5.41) is 8.62. The van der Waals surface area contributed by atoms with Crippen LogP contribution in [0.2, 0.25) is 0 Å². The van der Waals surface area contributed by atoms with Crippen LogP contribution in [0.1, 0.15) is 23.3 Å². The average Bonchev–Trinajstić information content (AvgIpc) is 3.07. The average molecular weight is 315 g/mol. The summed E-state index contributed by atoms with van der Waals surface area (Å²) in [4.78, 5) is 23.0.